The van der Waals surface area contributed by atoms with Gasteiger partial charge in [-0.2, -0.15) is 5.26 Å². The Morgan fingerprint density at radius 2 is 2.46 bits per heavy atom. The van der Waals surface area contributed by atoms with Crippen molar-refractivity contribution in [3.8, 4) is 6.07 Å². The molecule has 4 heteroatoms. The van der Waals surface area contributed by atoms with Crippen LogP contribution in [0.5, 0.6) is 0 Å². The highest BCUT2D eigenvalue weighted by atomic mass is 16.2. The van der Waals surface area contributed by atoms with Gasteiger partial charge >= 0.3 is 0 Å². The molecule has 0 fully saturated rings. The zero-order valence-corrected chi connectivity index (χ0v) is 7.87. The fourth-order valence-corrected chi connectivity index (χ4v) is 1.61. The number of carbonyl (C=O) groups is 1. The van der Waals surface area contributed by atoms with Crippen molar-refractivity contribution in [2.24, 2.45) is 5.73 Å². The Labute approximate surface area is 77.6 Å². The van der Waals surface area contributed by atoms with E-state index < -0.39 is 0 Å². The molecule has 1 unspecified atom stereocenters. The van der Waals surface area contributed by atoms with E-state index in [0.717, 1.165) is 6.42 Å². The highest BCUT2D eigenvalue weighted by Gasteiger charge is 2.31. The van der Waals surface area contributed by atoms with E-state index in [1.54, 1.807) is 4.90 Å². The molecule has 0 aliphatic carbocycles. The molecule has 4 nitrogen and oxygen atoms in total. The Balaban J connectivity index is 2.92. The Morgan fingerprint density at radius 1 is 1.85 bits per heavy atom. The largest absolute Gasteiger partial charge is 0.399 e. The van der Waals surface area contributed by atoms with Crippen LogP contribution in [0.2, 0.25) is 0 Å². The first-order valence-electron chi connectivity index (χ1n) is 4.27. The summed E-state index contributed by atoms with van der Waals surface area (Å²) in [5.41, 5.74) is 6.82. The standard InChI is InChI=1S/C9H13N3O/c1-3-8-9(11)7(4-10)5-12(8)6(2)13/h8H,3,5,11H2,1-2H3. The fraction of sp³-hybridized carbons (Fsp3) is 0.556. The molecule has 0 saturated carbocycles. The first-order valence-corrected chi connectivity index (χ1v) is 4.27. The maximum atomic E-state index is 11.2. The predicted octanol–water partition coefficient (Wildman–Crippen LogP) is 0.363. The molecule has 1 amide bonds. The summed E-state index contributed by atoms with van der Waals surface area (Å²) >= 11 is 0. The third-order valence-corrected chi connectivity index (χ3v) is 2.34. The fourth-order valence-electron chi connectivity index (χ4n) is 1.61. The monoisotopic (exact) mass is 179 g/mol. The van der Waals surface area contributed by atoms with E-state index >= 15 is 0 Å². The summed E-state index contributed by atoms with van der Waals surface area (Å²) in [6, 6.07) is 1.95. The molecule has 0 bridgehead atoms. The summed E-state index contributed by atoms with van der Waals surface area (Å²) in [6.45, 7) is 3.82. The van der Waals surface area contributed by atoms with Gasteiger partial charge in [-0.15, -0.1) is 0 Å². The van der Waals surface area contributed by atoms with E-state index in [9.17, 15) is 4.79 Å². The molecule has 13 heavy (non-hydrogen) atoms. The number of nitrogens with zero attached hydrogens (tertiary/aromatic N) is 2. The highest BCUT2D eigenvalue weighted by Crippen LogP contribution is 2.22. The van der Waals surface area contributed by atoms with Crippen molar-refractivity contribution in [3.05, 3.63) is 11.3 Å². The molecule has 0 spiro atoms. The molecule has 1 aliphatic heterocycles. The topological polar surface area (TPSA) is 70.1 Å². The van der Waals surface area contributed by atoms with E-state index in [1.807, 2.05) is 13.0 Å². The zero-order chi connectivity index (χ0) is 10.0. The molecule has 1 heterocycles. The SMILES string of the molecule is CCC1C(N)=C(C#N)CN1C(C)=O. The summed E-state index contributed by atoms with van der Waals surface area (Å²) in [6.07, 6.45) is 0.761. The van der Waals surface area contributed by atoms with Gasteiger partial charge < -0.3 is 10.6 Å². The van der Waals surface area contributed by atoms with Crippen LogP contribution in [0.25, 0.3) is 0 Å². The number of rotatable bonds is 1. The third-order valence-electron chi connectivity index (χ3n) is 2.34. The maximum absolute atomic E-state index is 11.2. The second-order valence-electron chi connectivity index (χ2n) is 3.12. The average molecular weight is 179 g/mol. The molecule has 1 rings (SSSR count). The van der Waals surface area contributed by atoms with Gasteiger partial charge in [-0.05, 0) is 6.42 Å². The van der Waals surface area contributed by atoms with Gasteiger partial charge in [0.2, 0.25) is 5.91 Å². The van der Waals surface area contributed by atoms with Gasteiger partial charge in [0, 0.05) is 12.6 Å². The van der Waals surface area contributed by atoms with Gasteiger partial charge in [0.15, 0.2) is 0 Å². The van der Waals surface area contributed by atoms with Crippen LogP contribution in [0.4, 0.5) is 0 Å². The van der Waals surface area contributed by atoms with Crippen molar-refractivity contribution in [2.75, 3.05) is 6.54 Å². The van der Waals surface area contributed by atoms with Crippen LogP contribution in [0.1, 0.15) is 20.3 Å². The summed E-state index contributed by atoms with van der Waals surface area (Å²) in [4.78, 5) is 12.8. The second-order valence-corrected chi connectivity index (χ2v) is 3.12. The lowest BCUT2D eigenvalue weighted by molar-refractivity contribution is -0.129. The number of amides is 1. The van der Waals surface area contributed by atoms with Crippen LogP contribution in [0.15, 0.2) is 11.3 Å². The molecular weight excluding hydrogens is 166 g/mol. The van der Waals surface area contributed by atoms with Crippen molar-refractivity contribution in [1.29, 1.82) is 5.26 Å². The smallest absolute Gasteiger partial charge is 0.220 e. The molecule has 1 atom stereocenters. The quantitative estimate of drug-likeness (QED) is 0.632. The Bertz CT molecular complexity index is 300. The maximum Gasteiger partial charge on any atom is 0.220 e. The number of nitriles is 1. The van der Waals surface area contributed by atoms with Gasteiger partial charge in [0.25, 0.3) is 0 Å². The molecular formula is C9H13N3O. The van der Waals surface area contributed by atoms with E-state index in [4.69, 9.17) is 11.0 Å². The van der Waals surface area contributed by atoms with Crippen LogP contribution in [-0.4, -0.2) is 23.4 Å². The van der Waals surface area contributed by atoms with Crippen LogP contribution in [0.3, 0.4) is 0 Å². The highest BCUT2D eigenvalue weighted by molar-refractivity contribution is 5.75. The predicted molar refractivity (Wildman–Crippen MR) is 48.3 cm³/mol. The van der Waals surface area contributed by atoms with Gasteiger partial charge in [0.1, 0.15) is 0 Å². The summed E-state index contributed by atoms with van der Waals surface area (Å²) in [5.74, 6) is -0.0277. The van der Waals surface area contributed by atoms with Crippen molar-refractivity contribution >= 4 is 5.91 Å². The van der Waals surface area contributed by atoms with E-state index in [-0.39, 0.29) is 11.9 Å². The van der Waals surface area contributed by atoms with Gasteiger partial charge in [-0.25, -0.2) is 0 Å². The molecule has 0 aromatic carbocycles. The molecule has 0 saturated heterocycles. The van der Waals surface area contributed by atoms with Gasteiger partial charge in [-0.3, -0.25) is 4.79 Å². The van der Waals surface area contributed by atoms with Crippen molar-refractivity contribution < 1.29 is 4.79 Å². The molecule has 0 aromatic rings. The van der Waals surface area contributed by atoms with Crippen LogP contribution >= 0.6 is 0 Å². The second kappa shape index (κ2) is 3.48. The van der Waals surface area contributed by atoms with Crippen molar-refractivity contribution in [2.45, 2.75) is 26.3 Å². The number of hydrogen-bond donors (Lipinski definition) is 1. The van der Waals surface area contributed by atoms with Crippen molar-refractivity contribution in [1.82, 2.24) is 4.90 Å². The minimum Gasteiger partial charge on any atom is -0.399 e. The first-order chi connectivity index (χ1) is 6.11. The van der Waals surface area contributed by atoms with Gasteiger partial charge in [-0.1, -0.05) is 6.92 Å². The van der Waals surface area contributed by atoms with E-state index in [0.29, 0.717) is 17.8 Å². The van der Waals surface area contributed by atoms with E-state index in [1.165, 1.54) is 6.92 Å². The molecule has 0 radical (unpaired) electrons. The van der Waals surface area contributed by atoms with Crippen molar-refractivity contribution in [3.63, 3.8) is 0 Å². The lowest BCUT2D eigenvalue weighted by atomic mass is 10.1. The Hall–Kier alpha value is -1.50. The Morgan fingerprint density at radius 3 is 2.77 bits per heavy atom. The van der Waals surface area contributed by atoms with Crippen LogP contribution in [0, 0.1) is 11.3 Å². The molecule has 2 N–H and O–H groups in total. The normalized spacial score (nSPS) is 21.9. The average Bonchev–Trinajstić information content (AvgIpc) is 2.42. The number of carbonyl (C=O) groups excluding carboxylic acids is 1. The number of hydrogen-bond acceptors (Lipinski definition) is 3. The minimum absolute atomic E-state index is 0.0277. The third kappa shape index (κ3) is 1.50. The van der Waals surface area contributed by atoms with Crippen LogP contribution in [-0.2, 0) is 4.79 Å². The summed E-state index contributed by atoms with van der Waals surface area (Å²) in [7, 11) is 0. The number of nitrogens with two attached hydrogens (primary N) is 1. The minimum atomic E-state index is -0.0767. The van der Waals surface area contributed by atoms with E-state index in [2.05, 4.69) is 0 Å². The lowest BCUT2D eigenvalue weighted by Crippen LogP contribution is -2.36. The summed E-state index contributed by atoms with van der Waals surface area (Å²) in [5, 5.41) is 8.72. The molecule has 70 valence electrons. The molecule has 1 aliphatic rings. The van der Waals surface area contributed by atoms with Gasteiger partial charge in [0.05, 0.1) is 24.2 Å². The molecule has 0 aromatic heterocycles. The summed E-state index contributed by atoms with van der Waals surface area (Å²) < 4.78 is 0. The lowest BCUT2D eigenvalue weighted by Gasteiger charge is -2.22. The zero-order valence-electron chi connectivity index (χ0n) is 7.87. The van der Waals surface area contributed by atoms with Crippen LogP contribution < -0.4 is 5.73 Å². The Kier molecular flexibility index (Phi) is 2.57. The first kappa shape index (κ1) is 9.59.